The Morgan fingerprint density at radius 2 is 2.32 bits per heavy atom. The van der Waals surface area contributed by atoms with Crippen LogP contribution < -0.4 is 16.2 Å². The predicted molar refractivity (Wildman–Crippen MR) is 76.8 cm³/mol. The van der Waals surface area contributed by atoms with Crippen molar-refractivity contribution in [3.8, 4) is 0 Å². The molecule has 19 heavy (non-hydrogen) atoms. The SMILES string of the molecule is Cc1nc(Cn2ncc(N(C)CCN)cc2=O)cs1. The Kier molecular flexibility index (Phi) is 4.28. The molecule has 0 radical (unpaired) electrons. The van der Waals surface area contributed by atoms with Gasteiger partial charge in [0.1, 0.15) is 0 Å². The van der Waals surface area contributed by atoms with Gasteiger partial charge in [0.05, 0.1) is 29.1 Å². The van der Waals surface area contributed by atoms with Crippen molar-refractivity contribution < 1.29 is 0 Å². The molecule has 2 aromatic heterocycles. The van der Waals surface area contributed by atoms with Gasteiger partial charge in [0.25, 0.3) is 5.56 Å². The Bertz CT molecular complexity index is 606. The van der Waals surface area contributed by atoms with Crippen LogP contribution in [0.1, 0.15) is 10.7 Å². The number of hydrogen-bond acceptors (Lipinski definition) is 6. The van der Waals surface area contributed by atoms with Crippen LogP contribution in [0.2, 0.25) is 0 Å². The van der Waals surface area contributed by atoms with Gasteiger partial charge < -0.3 is 10.6 Å². The number of hydrogen-bond donors (Lipinski definition) is 1. The van der Waals surface area contributed by atoms with Crippen molar-refractivity contribution >= 4 is 17.0 Å². The first-order valence-electron chi connectivity index (χ1n) is 5.99. The van der Waals surface area contributed by atoms with Gasteiger partial charge in [-0.1, -0.05) is 0 Å². The summed E-state index contributed by atoms with van der Waals surface area (Å²) in [7, 11) is 1.89. The van der Waals surface area contributed by atoms with Crippen LogP contribution in [0, 0.1) is 6.92 Å². The smallest absolute Gasteiger partial charge is 0.269 e. The fourth-order valence-electron chi connectivity index (χ4n) is 1.71. The minimum absolute atomic E-state index is 0.132. The fourth-order valence-corrected chi connectivity index (χ4v) is 2.31. The molecule has 2 N–H and O–H groups in total. The highest BCUT2D eigenvalue weighted by atomic mass is 32.1. The molecule has 0 aliphatic heterocycles. The summed E-state index contributed by atoms with van der Waals surface area (Å²) in [5.74, 6) is 0. The number of likely N-dealkylation sites (N-methyl/N-ethyl adjacent to an activating group) is 1. The van der Waals surface area contributed by atoms with E-state index in [-0.39, 0.29) is 5.56 Å². The van der Waals surface area contributed by atoms with Crippen LogP contribution >= 0.6 is 11.3 Å². The normalized spacial score (nSPS) is 10.7. The van der Waals surface area contributed by atoms with Crippen LogP contribution in [-0.4, -0.2) is 34.9 Å². The Morgan fingerprint density at radius 3 is 2.89 bits per heavy atom. The Hall–Kier alpha value is -1.73. The Balaban J connectivity index is 2.17. The molecule has 0 bridgehead atoms. The number of aromatic nitrogens is 3. The summed E-state index contributed by atoms with van der Waals surface area (Å²) >= 11 is 1.57. The third-order valence-corrected chi connectivity index (χ3v) is 3.56. The summed E-state index contributed by atoms with van der Waals surface area (Å²) in [6.45, 7) is 3.58. The zero-order chi connectivity index (χ0) is 13.8. The van der Waals surface area contributed by atoms with E-state index >= 15 is 0 Å². The summed E-state index contributed by atoms with van der Waals surface area (Å²) in [6, 6.07) is 1.57. The van der Waals surface area contributed by atoms with Gasteiger partial charge in [0.2, 0.25) is 0 Å². The lowest BCUT2D eigenvalue weighted by Crippen LogP contribution is -2.29. The van der Waals surface area contributed by atoms with E-state index in [0.717, 1.165) is 16.4 Å². The second-order valence-corrected chi connectivity index (χ2v) is 5.34. The molecule has 0 unspecified atom stereocenters. The van der Waals surface area contributed by atoms with Gasteiger partial charge in [-0.05, 0) is 6.92 Å². The monoisotopic (exact) mass is 279 g/mol. The van der Waals surface area contributed by atoms with Crippen LogP contribution in [0.5, 0.6) is 0 Å². The molecule has 0 fully saturated rings. The minimum atomic E-state index is -0.132. The molecule has 0 saturated heterocycles. The molecule has 0 aliphatic rings. The summed E-state index contributed by atoms with van der Waals surface area (Å²) in [5.41, 5.74) is 6.99. The summed E-state index contributed by atoms with van der Waals surface area (Å²) in [4.78, 5) is 18.2. The molecule has 6 nitrogen and oxygen atoms in total. The largest absolute Gasteiger partial charge is 0.372 e. The average Bonchev–Trinajstić information content (AvgIpc) is 2.78. The van der Waals surface area contributed by atoms with Crippen LogP contribution in [0.4, 0.5) is 5.69 Å². The van der Waals surface area contributed by atoms with Crippen molar-refractivity contribution in [1.82, 2.24) is 14.8 Å². The summed E-state index contributed by atoms with van der Waals surface area (Å²) in [6.07, 6.45) is 1.68. The summed E-state index contributed by atoms with van der Waals surface area (Å²) < 4.78 is 1.41. The topological polar surface area (TPSA) is 77.0 Å². The maximum Gasteiger partial charge on any atom is 0.269 e. The third kappa shape index (κ3) is 3.39. The zero-order valence-corrected chi connectivity index (χ0v) is 11.9. The highest BCUT2D eigenvalue weighted by molar-refractivity contribution is 7.09. The molecule has 0 atom stereocenters. The minimum Gasteiger partial charge on any atom is -0.372 e. The lowest BCUT2D eigenvalue weighted by atomic mass is 10.4. The van der Waals surface area contributed by atoms with Crippen molar-refractivity contribution in [3.63, 3.8) is 0 Å². The number of aryl methyl sites for hydroxylation is 1. The molecule has 0 aliphatic carbocycles. The molecule has 0 spiro atoms. The number of anilines is 1. The molecular weight excluding hydrogens is 262 g/mol. The molecule has 7 heteroatoms. The molecule has 0 amide bonds. The first kappa shape index (κ1) is 13.7. The van der Waals surface area contributed by atoms with Crippen LogP contribution in [0.15, 0.2) is 22.4 Å². The number of rotatable bonds is 5. The first-order valence-corrected chi connectivity index (χ1v) is 6.87. The van der Waals surface area contributed by atoms with Crippen molar-refractivity contribution in [2.24, 2.45) is 5.73 Å². The number of nitrogens with two attached hydrogens (primary N) is 1. The number of thiazole rings is 1. The van der Waals surface area contributed by atoms with Gasteiger partial charge in [-0.25, -0.2) is 9.67 Å². The van der Waals surface area contributed by atoms with E-state index in [2.05, 4.69) is 10.1 Å². The quantitative estimate of drug-likeness (QED) is 0.860. The van der Waals surface area contributed by atoms with Gasteiger partial charge >= 0.3 is 0 Å². The summed E-state index contributed by atoms with van der Waals surface area (Å²) in [5, 5.41) is 7.10. The third-order valence-electron chi connectivity index (χ3n) is 2.74. The maximum atomic E-state index is 12.0. The fraction of sp³-hybridized carbons (Fsp3) is 0.417. The van der Waals surface area contributed by atoms with E-state index < -0.39 is 0 Å². The van der Waals surface area contributed by atoms with Gasteiger partial charge in [-0.3, -0.25) is 4.79 Å². The standard InChI is InChI=1S/C12H17N5OS/c1-9-15-10(8-19-9)7-17-12(18)5-11(6-14-17)16(2)4-3-13/h5-6,8H,3-4,7,13H2,1-2H3. The van der Waals surface area contributed by atoms with Crippen LogP contribution in [0.3, 0.4) is 0 Å². The first-order chi connectivity index (χ1) is 9.10. The molecular formula is C12H17N5OS. The highest BCUT2D eigenvalue weighted by Gasteiger charge is 2.06. The molecule has 0 aromatic carbocycles. The molecule has 102 valence electrons. The van der Waals surface area contributed by atoms with Crippen molar-refractivity contribution in [2.75, 3.05) is 25.0 Å². The van der Waals surface area contributed by atoms with Crippen LogP contribution in [0.25, 0.3) is 0 Å². The molecule has 2 heterocycles. The van der Waals surface area contributed by atoms with Gasteiger partial charge in [-0.2, -0.15) is 5.10 Å². The van der Waals surface area contributed by atoms with Crippen LogP contribution in [-0.2, 0) is 6.54 Å². The molecule has 2 aromatic rings. The van der Waals surface area contributed by atoms with Crippen molar-refractivity contribution in [2.45, 2.75) is 13.5 Å². The number of nitrogens with zero attached hydrogens (tertiary/aromatic N) is 4. The lowest BCUT2D eigenvalue weighted by Gasteiger charge is -2.17. The van der Waals surface area contributed by atoms with E-state index in [1.807, 2.05) is 24.3 Å². The van der Waals surface area contributed by atoms with E-state index in [9.17, 15) is 4.79 Å². The van der Waals surface area contributed by atoms with E-state index in [1.54, 1.807) is 23.6 Å². The van der Waals surface area contributed by atoms with E-state index in [0.29, 0.717) is 19.6 Å². The maximum absolute atomic E-state index is 12.0. The van der Waals surface area contributed by atoms with E-state index in [1.165, 1.54) is 4.68 Å². The zero-order valence-electron chi connectivity index (χ0n) is 11.0. The van der Waals surface area contributed by atoms with Gasteiger partial charge in [0.15, 0.2) is 0 Å². The van der Waals surface area contributed by atoms with Crippen molar-refractivity contribution in [3.05, 3.63) is 38.7 Å². The average molecular weight is 279 g/mol. The Morgan fingerprint density at radius 1 is 1.53 bits per heavy atom. The van der Waals surface area contributed by atoms with Gasteiger partial charge in [0, 0.05) is 31.6 Å². The second-order valence-electron chi connectivity index (χ2n) is 4.28. The second kappa shape index (κ2) is 5.94. The predicted octanol–water partition coefficient (Wildman–Crippen LogP) is 0.451. The molecule has 2 rings (SSSR count). The Labute approximate surface area is 115 Å². The lowest BCUT2D eigenvalue weighted by molar-refractivity contribution is 0.628. The van der Waals surface area contributed by atoms with Gasteiger partial charge in [-0.15, -0.1) is 11.3 Å². The van der Waals surface area contributed by atoms with E-state index in [4.69, 9.17) is 5.73 Å². The highest BCUT2D eigenvalue weighted by Crippen LogP contribution is 2.09. The van der Waals surface area contributed by atoms with Crippen molar-refractivity contribution in [1.29, 1.82) is 0 Å². The molecule has 0 saturated carbocycles.